The lowest BCUT2D eigenvalue weighted by atomic mass is 9.87. The molecule has 1 N–H and O–H groups in total. The minimum Gasteiger partial charge on any atom is -0.309 e. The first-order chi connectivity index (χ1) is 12.7. The molecule has 0 aliphatic heterocycles. The molecule has 0 radical (unpaired) electrons. The molecular weight excluding hydrogens is 360 g/mol. The molecule has 7 heteroatoms. The standard InChI is InChI=1S/C20H24N4O2S/c1-14-13-27-19(26)23(14)12-18(25)22-17-9-10-21-24(17)11-15-5-7-16(8-6-15)20(2,3)4/h5-10,13H,11-12H2,1-4H3,(H,22,25). The summed E-state index contributed by atoms with van der Waals surface area (Å²) < 4.78 is 3.21. The van der Waals surface area contributed by atoms with Gasteiger partial charge in [-0.2, -0.15) is 5.10 Å². The van der Waals surface area contributed by atoms with Crippen molar-refractivity contribution >= 4 is 23.1 Å². The zero-order valence-corrected chi connectivity index (χ0v) is 16.8. The molecule has 2 heterocycles. The summed E-state index contributed by atoms with van der Waals surface area (Å²) in [6.07, 6.45) is 1.65. The van der Waals surface area contributed by atoms with Crippen molar-refractivity contribution < 1.29 is 4.79 Å². The number of amides is 1. The van der Waals surface area contributed by atoms with Crippen LogP contribution in [0.4, 0.5) is 5.82 Å². The largest absolute Gasteiger partial charge is 0.309 e. The third kappa shape index (κ3) is 4.54. The number of nitrogens with zero attached hydrogens (tertiary/aromatic N) is 3. The van der Waals surface area contributed by atoms with Crippen LogP contribution in [0.2, 0.25) is 0 Å². The maximum absolute atomic E-state index is 12.3. The molecule has 0 aliphatic rings. The molecule has 1 amide bonds. The lowest BCUT2D eigenvalue weighted by Crippen LogP contribution is -2.26. The molecule has 0 aliphatic carbocycles. The molecule has 6 nitrogen and oxygen atoms in total. The van der Waals surface area contributed by atoms with Crippen LogP contribution in [0.5, 0.6) is 0 Å². The molecule has 1 aromatic carbocycles. The number of carbonyl (C=O) groups is 1. The van der Waals surface area contributed by atoms with Gasteiger partial charge in [0.25, 0.3) is 0 Å². The molecule has 0 atom stereocenters. The number of aromatic nitrogens is 3. The van der Waals surface area contributed by atoms with E-state index in [9.17, 15) is 9.59 Å². The van der Waals surface area contributed by atoms with Crippen LogP contribution in [0.3, 0.4) is 0 Å². The SMILES string of the molecule is Cc1csc(=O)n1CC(=O)Nc1ccnn1Cc1ccc(C(C)(C)C)cc1. The lowest BCUT2D eigenvalue weighted by Gasteiger charge is -2.19. The van der Waals surface area contributed by atoms with E-state index >= 15 is 0 Å². The van der Waals surface area contributed by atoms with E-state index in [4.69, 9.17) is 0 Å². The summed E-state index contributed by atoms with van der Waals surface area (Å²) in [5.41, 5.74) is 3.28. The molecule has 3 aromatic rings. The summed E-state index contributed by atoms with van der Waals surface area (Å²) in [6, 6.07) is 10.2. The summed E-state index contributed by atoms with van der Waals surface area (Å²) in [6.45, 7) is 8.93. The predicted octanol–water partition coefficient (Wildman–Crippen LogP) is 3.40. The third-order valence-electron chi connectivity index (χ3n) is 4.41. The normalized spacial score (nSPS) is 11.6. The van der Waals surface area contributed by atoms with Gasteiger partial charge in [-0.1, -0.05) is 56.4 Å². The summed E-state index contributed by atoms with van der Waals surface area (Å²) in [4.78, 5) is 24.0. The van der Waals surface area contributed by atoms with Gasteiger partial charge in [-0.3, -0.25) is 14.2 Å². The molecule has 0 saturated carbocycles. The number of benzene rings is 1. The van der Waals surface area contributed by atoms with Crippen LogP contribution >= 0.6 is 11.3 Å². The summed E-state index contributed by atoms with van der Waals surface area (Å²) in [5.74, 6) is 0.365. The zero-order chi connectivity index (χ0) is 19.6. The van der Waals surface area contributed by atoms with Crippen LogP contribution in [0.25, 0.3) is 0 Å². The second-order valence-corrected chi connectivity index (χ2v) is 8.42. The summed E-state index contributed by atoms with van der Waals surface area (Å²) in [7, 11) is 0. The molecule has 0 unspecified atom stereocenters. The van der Waals surface area contributed by atoms with Gasteiger partial charge in [0.1, 0.15) is 12.4 Å². The number of aryl methyl sites for hydroxylation is 1. The Morgan fingerprint density at radius 1 is 1.19 bits per heavy atom. The molecule has 0 fully saturated rings. The first-order valence-electron chi connectivity index (χ1n) is 8.80. The molecule has 3 rings (SSSR count). The molecule has 142 valence electrons. The highest BCUT2D eigenvalue weighted by Gasteiger charge is 2.14. The van der Waals surface area contributed by atoms with Crippen LogP contribution in [0.15, 0.2) is 46.7 Å². The van der Waals surface area contributed by atoms with Crippen molar-refractivity contribution in [2.45, 2.75) is 46.2 Å². The second-order valence-electron chi connectivity index (χ2n) is 7.60. The van der Waals surface area contributed by atoms with E-state index in [-0.39, 0.29) is 22.7 Å². The van der Waals surface area contributed by atoms with Gasteiger partial charge in [-0.25, -0.2) is 4.68 Å². The van der Waals surface area contributed by atoms with E-state index in [1.165, 1.54) is 10.1 Å². The fraction of sp³-hybridized carbons (Fsp3) is 0.350. The minimum absolute atomic E-state index is 0.000371. The van der Waals surface area contributed by atoms with Gasteiger partial charge in [0.2, 0.25) is 5.91 Å². The van der Waals surface area contributed by atoms with E-state index in [0.29, 0.717) is 12.4 Å². The maximum atomic E-state index is 12.3. The van der Waals surface area contributed by atoms with Crippen molar-refractivity contribution in [2.24, 2.45) is 0 Å². The number of nitrogens with one attached hydrogen (secondary N) is 1. The number of hydrogen-bond donors (Lipinski definition) is 1. The van der Waals surface area contributed by atoms with Crippen molar-refractivity contribution in [1.82, 2.24) is 14.3 Å². The Kier molecular flexibility index (Phi) is 5.32. The highest BCUT2D eigenvalue weighted by Crippen LogP contribution is 2.22. The van der Waals surface area contributed by atoms with E-state index < -0.39 is 0 Å². The molecule has 2 aromatic heterocycles. The van der Waals surface area contributed by atoms with Crippen molar-refractivity contribution in [3.8, 4) is 0 Å². The molecule has 0 saturated heterocycles. The number of anilines is 1. The quantitative estimate of drug-likeness (QED) is 0.733. The lowest BCUT2D eigenvalue weighted by molar-refractivity contribution is -0.116. The zero-order valence-electron chi connectivity index (χ0n) is 16.0. The Bertz CT molecular complexity index is 990. The molecular formula is C20H24N4O2S. The van der Waals surface area contributed by atoms with E-state index in [1.807, 2.05) is 6.92 Å². The minimum atomic E-state index is -0.247. The van der Waals surface area contributed by atoms with Gasteiger partial charge in [0, 0.05) is 17.1 Å². The van der Waals surface area contributed by atoms with E-state index in [1.54, 1.807) is 22.3 Å². The Morgan fingerprint density at radius 2 is 1.89 bits per heavy atom. The number of carbonyl (C=O) groups excluding carboxylic acids is 1. The van der Waals surface area contributed by atoms with Crippen LogP contribution in [-0.4, -0.2) is 20.3 Å². The average molecular weight is 385 g/mol. The van der Waals surface area contributed by atoms with Crippen molar-refractivity contribution in [2.75, 3.05) is 5.32 Å². The van der Waals surface area contributed by atoms with Gasteiger partial charge < -0.3 is 5.32 Å². The Morgan fingerprint density at radius 3 is 2.48 bits per heavy atom. The second kappa shape index (κ2) is 7.52. The van der Waals surface area contributed by atoms with Crippen LogP contribution in [0.1, 0.15) is 37.6 Å². The van der Waals surface area contributed by atoms with Gasteiger partial charge in [-0.05, 0) is 23.5 Å². The average Bonchev–Trinajstić information content (AvgIpc) is 3.16. The van der Waals surface area contributed by atoms with Gasteiger partial charge in [0.05, 0.1) is 12.7 Å². The molecule has 0 spiro atoms. The fourth-order valence-electron chi connectivity index (χ4n) is 2.77. The fourth-order valence-corrected chi connectivity index (χ4v) is 3.50. The highest BCUT2D eigenvalue weighted by molar-refractivity contribution is 7.07. The maximum Gasteiger partial charge on any atom is 0.307 e. The number of rotatable bonds is 5. The molecule has 0 bridgehead atoms. The Labute approximate surface area is 162 Å². The predicted molar refractivity (Wildman–Crippen MR) is 108 cm³/mol. The number of thiazole rings is 1. The summed E-state index contributed by atoms with van der Waals surface area (Å²) in [5, 5.41) is 8.90. The van der Waals surface area contributed by atoms with Crippen LogP contribution in [0, 0.1) is 6.92 Å². The Hall–Kier alpha value is -2.67. The van der Waals surface area contributed by atoms with Crippen molar-refractivity contribution in [1.29, 1.82) is 0 Å². The Balaban J connectivity index is 1.69. The molecule has 27 heavy (non-hydrogen) atoms. The van der Waals surface area contributed by atoms with Crippen molar-refractivity contribution in [3.05, 3.63) is 68.4 Å². The monoisotopic (exact) mass is 384 g/mol. The smallest absolute Gasteiger partial charge is 0.307 e. The summed E-state index contributed by atoms with van der Waals surface area (Å²) >= 11 is 1.10. The highest BCUT2D eigenvalue weighted by atomic mass is 32.1. The van der Waals surface area contributed by atoms with E-state index in [2.05, 4.69) is 55.5 Å². The van der Waals surface area contributed by atoms with Crippen molar-refractivity contribution in [3.63, 3.8) is 0 Å². The third-order valence-corrected chi connectivity index (χ3v) is 5.30. The topological polar surface area (TPSA) is 68.9 Å². The van der Waals surface area contributed by atoms with Gasteiger partial charge in [0.15, 0.2) is 0 Å². The van der Waals surface area contributed by atoms with Gasteiger partial charge >= 0.3 is 4.87 Å². The number of hydrogen-bond acceptors (Lipinski definition) is 4. The first kappa shape index (κ1) is 19.1. The van der Waals surface area contributed by atoms with E-state index in [0.717, 1.165) is 22.6 Å². The first-order valence-corrected chi connectivity index (χ1v) is 9.68. The van der Waals surface area contributed by atoms with Gasteiger partial charge in [-0.15, -0.1) is 0 Å². The van der Waals surface area contributed by atoms with Crippen LogP contribution < -0.4 is 10.2 Å². The van der Waals surface area contributed by atoms with Crippen LogP contribution in [-0.2, 0) is 23.3 Å².